The highest BCUT2D eigenvalue weighted by molar-refractivity contribution is 7.90. The van der Waals surface area contributed by atoms with Crippen molar-refractivity contribution in [3.8, 4) is 11.4 Å². The first-order chi connectivity index (χ1) is 13.8. The van der Waals surface area contributed by atoms with Crippen LogP contribution in [0.1, 0.15) is 16.8 Å². The average Bonchev–Trinajstić information content (AvgIpc) is 3.33. The Morgan fingerprint density at radius 3 is 2.76 bits per heavy atom. The second-order valence-corrected chi connectivity index (χ2v) is 8.54. The molecule has 0 fully saturated rings. The number of ether oxygens (including phenoxy) is 1. The fourth-order valence-corrected chi connectivity index (χ4v) is 4.50. The van der Waals surface area contributed by atoms with E-state index in [-0.39, 0.29) is 22.1 Å². The van der Waals surface area contributed by atoms with Crippen LogP contribution in [0.3, 0.4) is 0 Å². The van der Waals surface area contributed by atoms with E-state index in [0.717, 1.165) is 5.56 Å². The Balaban J connectivity index is 1.74. The summed E-state index contributed by atoms with van der Waals surface area (Å²) in [6.07, 6.45) is 6.14. The van der Waals surface area contributed by atoms with Gasteiger partial charge in [-0.15, -0.1) is 0 Å². The molecule has 8 nitrogen and oxygen atoms in total. The fourth-order valence-electron chi connectivity index (χ4n) is 3.21. The number of halogens is 1. The topological polar surface area (TPSA) is 103 Å². The lowest BCUT2D eigenvalue weighted by molar-refractivity contribution is 0.407. The summed E-state index contributed by atoms with van der Waals surface area (Å²) in [6.45, 7) is 3.60. The van der Waals surface area contributed by atoms with Gasteiger partial charge in [0.25, 0.3) is 0 Å². The minimum absolute atomic E-state index is 0.228. The molecule has 150 valence electrons. The van der Waals surface area contributed by atoms with Crippen LogP contribution in [0.5, 0.6) is 5.75 Å². The first-order valence-corrected chi connectivity index (χ1v) is 10.3. The van der Waals surface area contributed by atoms with Crippen LogP contribution in [0, 0.1) is 19.7 Å². The van der Waals surface area contributed by atoms with E-state index in [9.17, 15) is 12.8 Å². The van der Waals surface area contributed by atoms with Gasteiger partial charge in [0.1, 0.15) is 17.3 Å². The minimum atomic E-state index is -3.84. The number of benzene rings is 1. The van der Waals surface area contributed by atoms with Gasteiger partial charge in [0.05, 0.1) is 35.9 Å². The maximum Gasteiger partial charge on any atom is 0.226 e. The van der Waals surface area contributed by atoms with Crippen LogP contribution in [0.2, 0.25) is 0 Å². The number of H-pyrrole nitrogens is 1. The highest BCUT2D eigenvalue weighted by Gasteiger charge is 2.24. The molecule has 0 amide bonds. The highest BCUT2D eigenvalue weighted by Crippen LogP contribution is 2.27. The second kappa shape index (κ2) is 6.96. The Bertz CT molecular complexity index is 1310. The standard InChI is InChI=1S/C19H18FN5O3S/c1-11-8-22-16(12(2)18(11)28-3)9-29(26,27)19-23-14-6-13(20)17(7-15(14)24-19)25-5-4-21-10-25/h4-8,10H,9H2,1-3H3,(H,23,24). The number of hydrogen-bond acceptors (Lipinski definition) is 6. The number of aromatic nitrogens is 5. The summed E-state index contributed by atoms with van der Waals surface area (Å²) in [6, 6.07) is 2.69. The molecule has 10 heteroatoms. The SMILES string of the molecule is COc1c(C)cnc(CS(=O)(=O)c2nc3cc(-n4ccnc4)c(F)cc3[nH]2)c1C. The van der Waals surface area contributed by atoms with E-state index in [1.165, 1.54) is 36.3 Å². The lowest BCUT2D eigenvalue weighted by Gasteiger charge is -2.11. The number of nitrogens with zero attached hydrogens (tertiary/aromatic N) is 4. The number of sulfone groups is 1. The van der Waals surface area contributed by atoms with Crippen LogP contribution < -0.4 is 4.74 Å². The van der Waals surface area contributed by atoms with Crippen LogP contribution in [0.4, 0.5) is 4.39 Å². The summed E-state index contributed by atoms with van der Waals surface area (Å²) in [5, 5.41) is -0.240. The van der Waals surface area contributed by atoms with Crippen molar-refractivity contribution in [1.82, 2.24) is 24.5 Å². The Morgan fingerprint density at radius 2 is 2.07 bits per heavy atom. The van der Waals surface area contributed by atoms with Gasteiger partial charge in [0.15, 0.2) is 0 Å². The number of aryl methyl sites for hydroxylation is 1. The molecule has 0 aliphatic rings. The maximum absolute atomic E-state index is 14.4. The van der Waals surface area contributed by atoms with Gasteiger partial charge in [-0.2, -0.15) is 0 Å². The minimum Gasteiger partial charge on any atom is -0.496 e. The van der Waals surface area contributed by atoms with Crippen LogP contribution >= 0.6 is 0 Å². The molecular weight excluding hydrogens is 397 g/mol. The van der Waals surface area contributed by atoms with E-state index < -0.39 is 15.7 Å². The van der Waals surface area contributed by atoms with Crippen molar-refractivity contribution in [2.45, 2.75) is 24.8 Å². The smallest absolute Gasteiger partial charge is 0.226 e. The van der Waals surface area contributed by atoms with E-state index in [1.54, 1.807) is 19.3 Å². The Kier molecular flexibility index (Phi) is 4.58. The summed E-state index contributed by atoms with van der Waals surface area (Å²) in [4.78, 5) is 15.0. The molecule has 3 heterocycles. The van der Waals surface area contributed by atoms with Gasteiger partial charge in [0, 0.05) is 35.8 Å². The largest absolute Gasteiger partial charge is 0.496 e. The summed E-state index contributed by atoms with van der Waals surface area (Å²) >= 11 is 0. The van der Waals surface area contributed by atoms with Gasteiger partial charge in [-0.1, -0.05) is 0 Å². The second-order valence-electron chi connectivity index (χ2n) is 6.64. The quantitative estimate of drug-likeness (QED) is 0.538. The lowest BCUT2D eigenvalue weighted by atomic mass is 10.1. The Morgan fingerprint density at radius 1 is 1.28 bits per heavy atom. The highest BCUT2D eigenvalue weighted by atomic mass is 32.2. The third-order valence-corrected chi connectivity index (χ3v) is 6.12. The molecule has 0 unspecified atom stereocenters. The molecule has 0 spiro atoms. The summed E-state index contributed by atoms with van der Waals surface area (Å²) in [5.41, 5.74) is 2.69. The van der Waals surface area contributed by atoms with Crippen molar-refractivity contribution < 1.29 is 17.5 Å². The molecule has 1 N–H and O–H groups in total. The molecule has 1 aromatic carbocycles. The van der Waals surface area contributed by atoms with Gasteiger partial charge in [-0.05, 0) is 19.9 Å². The van der Waals surface area contributed by atoms with E-state index in [4.69, 9.17) is 4.74 Å². The number of methoxy groups -OCH3 is 1. The zero-order chi connectivity index (χ0) is 20.8. The summed E-state index contributed by atoms with van der Waals surface area (Å²) < 4.78 is 47.1. The molecule has 3 aromatic heterocycles. The molecule has 0 radical (unpaired) electrons. The molecule has 0 aliphatic carbocycles. The molecular formula is C19H18FN5O3S. The lowest BCUT2D eigenvalue weighted by Crippen LogP contribution is -2.10. The number of fused-ring (bicyclic) bond motifs is 1. The van der Waals surface area contributed by atoms with Crippen LogP contribution in [-0.4, -0.2) is 40.0 Å². The Labute approximate surface area is 166 Å². The van der Waals surface area contributed by atoms with E-state index in [2.05, 4.69) is 19.9 Å². The summed E-state index contributed by atoms with van der Waals surface area (Å²) in [7, 11) is -2.31. The van der Waals surface area contributed by atoms with Gasteiger partial charge in [0.2, 0.25) is 15.0 Å². The van der Waals surface area contributed by atoms with Crippen molar-refractivity contribution in [3.05, 3.63) is 59.7 Å². The van der Waals surface area contributed by atoms with Crippen molar-refractivity contribution in [2.24, 2.45) is 0 Å². The maximum atomic E-state index is 14.4. The first kappa shape index (κ1) is 19.1. The van der Waals surface area contributed by atoms with Crippen molar-refractivity contribution in [1.29, 1.82) is 0 Å². The van der Waals surface area contributed by atoms with Gasteiger partial charge < -0.3 is 14.3 Å². The third-order valence-electron chi connectivity index (χ3n) is 4.68. The number of aromatic amines is 1. The third kappa shape index (κ3) is 3.35. The first-order valence-electron chi connectivity index (χ1n) is 8.69. The Hall–Kier alpha value is -3.27. The predicted octanol–water partition coefficient (Wildman–Crippen LogP) is 2.88. The van der Waals surface area contributed by atoms with E-state index in [0.29, 0.717) is 22.5 Å². The number of imidazole rings is 2. The number of pyridine rings is 1. The average molecular weight is 415 g/mol. The number of rotatable bonds is 5. The zero-order valence-electron chi connectivity index (χ0n) is 16.0. The fraction of sp³-hybridized carbons (Fsp3) is 0.211. The van der Waals surface area contributed by atoms with Gasteiger partial charge >= 0.3 is 0 Å². The van der Waals surface area contributed by atoms with E-state index >= 15 is 0 Å². The van der Waals surface area contributed by atoms with E-state index in [1.807, 2.05) is 6.92 Å². The number of hydrogen-bond donors (Lipinski definition) is 1. The normalized spacial score (nSPS) is 11.9. The van der Waals surface area contributed by atoms with Crippen LogP contribution in [0.25, 0.3) is 16.7 Å². The molecule has 4 rings (SSSR count). The van der Waals surface area contributed by atoms with Crippen molar-refractivity contribution in [2.75, 3.05) is 7.11 Å². The summed E-state index contributed by atoms with van der Waals surface area (Å²) in [5.74, 6) is -0.280. The number of nitrogens with one attached hydrogen (secondary N) is 1. The predicted molar refractivity (Wildman–Crippen MR) is 104 cm³/mol. The van der Waals surface area contributed by atoms with Gasteiger partial charge in [-0.3, -0.25) is 4.98 Å². The molecule has 4 aromatic rings. The molecule has 0 saturated heterocycles. The molecule has 0 bridgehead atoms. The van der Waals surface area contributed by atoms with Crippen molar-refractivity contribution in [3.63, 3.8) is 0 Å². The molecule has 0 aliphatic heterocycles. The monoisotopic (exact) mass is 415 g/mol. The van der Waals surface area contributed by atoms with Crippen LogP contribution in [0.15, 0.2) is 42.2 Å². The zero-order valence-corrected chi connectivity index (χ0v) is 16.8. The molecule has 0 saturated carbocycles. The van der Waals surface area contributed by atoms with Crippen molar-refractivity contribution >= 4 is 20.9 Å². The molecule has 29 heavy (non-hydrogen) atoms. The molecule has 0 atom stereocenters. The van der Waals surface area contributed by atoms with Crippen LogP contribution in [-0.2, 0) is 15.6 Å². The van der Waals surface area contributed by atoms with Gasteiger partial charge in [-0.25, -0.2) is 22.8 Å².